The number of H-pyrrole nitrogens is 1. The molecule has 0 spiro atoms. The molecule has 0 aliphatic carbocycles. The molecule has 2 aromatic heterocycles. The van der Waals surface area contributed by atoms with Crippen molar-refractivity contribution in [1.29, 1.82) is 0 Å². The van der Waals surface area contributed by atoms with Crippen molar-refractivity contribution in [2.45, 2.75) is 12.1 Å². The maximum atomic E-state index is 13.6. The van der Waals surface area contributed by atoms with Gasteiger partial charge in [0.25, 0.3) is 5.56 Å². The number of aromatic amines is 1. The lowest BCUT2D eigenvalue weighted by atomic mass is 10.2. The number of fused-ring (bicyclic) bond motifs is 3. The van der Waals surface area contributed by atoms with Crippen molar-refractivity contribution in [3.8, 4) is 11.4 Å². The van der Waals surface area contributed by atoms with Gasteiger partial charge in [-0.25, -0.2) is 4.98 Å². The summed E-state index contributed by atoms with van der Waals surface area (Å²) in [5, 5.41) is 4.69. The normalized spacial score (nSPS) is 11.2. The third kappa shape index (κ3) is 4.50. The summed E-state index contributed by atoms with van der Waals surface area (Å²) in [6.45, 7) is 1.90. The minimum atomic E-state index is -0.246. The SMILES string of the molecule is COc1ccc(-n2c(SCC(=O)Nc3ccc(C)c(Cl)c3)nc3c([nH]c4ccccc43)c2=O)cc1. The Bertz CT molecular complexity index is 1630. The van der Waals surface area contributed by atoms with Crippen LogP contribution in [0.25, 0.3) is 27.6 Å². The minimum absolute atomic E-state index is 0.0575. The average Bonchev–Trinajstić information content (AvgIpc) is 3.24. The van der Waals surface area contributed by atoms with E-state index >= 15 is 0 Å². The second-order valence-corrected chi connectivity index (χ2v) is 9.28. The Hall–Kier alpha value is -3.75. The Balaban J connectivity index is 1.53. The Morgan fingerprint density at radius 3 is 2.66 bits per heavy atom. The lowest BCUT2D eigenvalue weighted by Crippen LogP contribution is -2.23. The summed E-state index contributed by atoms with van der Waals surface area (Å²) in [7, 11) is 1.58. The molecule has 9 heteroatoms. The molecule has 0 fully saturated rings. The zero-order valence-corrected chi connectivity index (χ0v) is 20.5. The molecule has 0 unspecified atom stereocenters. The Morgan fingerprint density at radius 2 is 1.91 bits per heavy atom. The number of hydrogen-bond acceptors (Lipinski definition) is 5. The van der Waals surface area contributed by atoms with Gasteiger partial charge in [-0.2, -0.15) is 0 Å². The Kier molecular flexibility index (Phi) is 6.23. The van der Waals surface area contributed by atoms with E-state index in [1.165, 1.54) is 16.3 Å². The van der Waals surface area contributed by atoms with Gasteiger partial charge in [-0.05, 0) is 55.0 Å². The summed E-state index contributed by atoms with van der Waals surface area (Å²) in [5.74, 6) is 0.498. The number of carbonyl (C=O) groups is 1. The number of aromatic nitrogens is 3. The van der Waals surface area contributed by atoms with Crippen molar-refractivity contribution in [1.82, 2.24) is 14.5 Å². The van der Waals surface area contributed by atoms with Gasteiger partial charge >= 0.3 is 0 Å². The maximum Gasteiger partial charge on any atom is 0.283 e. The van der Waals surface area contributed by atoms with E-state index in [1.807, 2.05) is 37.3 Å². The van der Waals surface area contributed by atoms with Crippen LogP contribution in [-0.2, 0) is 4.79 Å². The second-order valence-electron chi connectivity index (χ2n) is 7.93. The molecule has 0 radical (unpaired) electrons. The van der Waals surface area contributed by atoms with E-state index in [4.69, 9.17) is 21.3 Å². The molecule has 0 aliphatic heterocycles. The number of carbonyl (C=O) groups excluding carboxylic acids is 1. The van der Waals surface area contributed by atoms with Gasteiger partial charge in [0.1, 0.15) is 16.8 Å². The van der Waals surface area contributed by atoms with E-state index in [-0.39, 0.29) is 17.2 Å². The molecule has 35 heavy (non-hydrogen) atoms. The fourth-order valence-corrected chi connectivity index (χ4v) is 4.78. The number of para-hydroxylation sites is 1. The number of nitrogens with zero attached hydrogens (tertiary/aromatic N) is 2. The number of hydrogen-bond donors (Lipinski definition) is 2. The van der Waals surface area contributed by atoms with E-state index in [2.05, 4.69) is 10.3 Å². The minimum Gasteiger partial charge on any atom is -0.497 e. The molecule has 1 amide bonds. The number of methoxy groups -OCH3 is 1. The first-order chi connectivity index (χ1) is 16.9. The van der Waals surface area contributed by atoms with Gasteiger partial charge in [0.2, 0.25) is 5.91 Å². The quantitative estimate of drug-likeness (QED) is 0.233. The van der Waals surface area contributed by atoms with Crippen molar-refractivity contribution in [2.24, 2.45) is 0 Å². The standard InChI is InChI=1S/C26H21ClN4O3S/c1-15-7-8-16(13-20(15)27)28-22(32)14-35-26-30-23-19-5-3-4-6-21(19)29-24(23)25(33)31(26)17-9-11-18(34-2)12-10-17/h3-13,29H,14H2,1-2H3,(H,28,32). The number of anilines is 1. The molecule has 176 valence electrons. The van der Waals surface area contributed by atoms with Gasteiger partial charge in [0.05, 0.1) is 18.6 Å². The zero-order valence-electron chi connectivity index (χ0n) is 19.0. The predicted octanol–water partition coefficient (Wildman–Crippen LogP) is 5.57. The van der Waals surface area contributed by atoms with Gasteiger partial charge in [-0.15, -0.1) is 0 Å². The number of rotatable bonds is 6. The van der Waals surface area contributed by atoms with Crippen LogP contribution in [-0.4, -0.2) is 33.3 Å². The van der Waals surface area contributed by atoms with E-state index in [0.717, 1.165) is 16.5 Å². The van der Waals surface area contributed by atoms with Gasteiger partial charge in [-0.1, -0.05) is 47.6 Å². The molecule has 2 heterocycles. The van der Waals surface area contributed by atoms with Crippen molar-refractivity contribution in [3.05, 3.63) is 87.7 Å². The van der Waals surface area contributed by atoms with Gasteiger partial charge < -0.3 is 15.0 Å². The van der Waals surface area contributed by atoms with Crippen LogP contribution < -0.4 is 15.6 Å². The number of nitrogens with one attached hydrogen (secondary N) is 2. The summed E-state index contributed by atoms with van der Waals surface area (Å²) in [4.78, 5) is 34.3. The molecule has 5 aromatic rings. The Morgan fingerprint density at radius 1 is 1.14 bits per heavy atom. The summed E-state index contributed by atoms with van der Waals surface area (Å²) in [6.07, 6.45) is 0. The van der Waals surface area contributed by atoms with Crippen molar-refractivity contribution < 1.29 is 9.53 Å². The topological polar surface area (TPSA) is 89.0 Å². The van der Waals surface area contributed by atoms with Crippen molar-refractivity contribution in [3.63, 3.8) is 0 Å². The number of amides is 1. The smallest absolute Gasteiger partial charge is 0.283 e. The van der Waals surface area contributed by atoms with Crippen LogP contribution >= 0.6 is 23.4 Å². The molecule has 2 N–H and O–H groups in total. The predicted molar refractivity (Wildman–Crippen MR) is 141 cm³/mol. The van der Waals surface area contributed by atoms with Crippen LogP contribution in [0, 0.1) is 6.92 Å². The van der Waals surface area contributed by atoms with Crippen molar-refractivity contribution in [2.75, 3.05) is 18.2 Å². The van der Waals surface area contributed by atoms with Crippen LogP contribution in [0.15, 0.2) is 76.7 Å². The molecule has 0 aliphatic rings. The van der Waals surface area contributed by atoms with E-state index in [0.29, 0.717) is 38.3 Å². The third-order valence-electron chi connectivity index (χ3n) is 5.61. The largest absolute Gasteiger partial charge is 0.497 e. The fourth-order valence-electron chi connectivity index (χ4n) is 3.80. The molecule has 0 saturated heterocycles. The van der Waals surface area contributed by atoms with Crippen LogP contribution in [0.4, 0.5) is 5.69 Å². The summed E-state index contributed by atoms with van der Waals surface area (Å²) >= 11 is 7.36. The van der Waals surface area contributed by atoms with Crippen LogP contribution in [0.1, 0.15) is 5.56 Å². The average molecular weight is 505 g/mol. The molecule has 0 atom stereocenters. The first-order valence-electron chi connectivity index (χ1n) is 10.8. The highest BCUT2D eigenvalue weighted by Crippen LogP contribution is 2.27. The molecule has 0 bridgehead atoms. The van der Waals surface area contributed by atoms with E-state index in [1.54, 1.807) is 43.5 Å². The van der Waals surface area contributed by atoms with Gasteiger partial charge in [0.15, 0.2) is 5.16 Å². The number of thioether (sulfide) groups is 1. The molecule has 0 saturated carbocycles. The molecule has 3 aromatic carbocycles. The number of benzene rings is 3. The first-order valence-corrected chi connectivity index (χ1v) is 12.2. The van der Waals surface area contributed by atoms with E-state index < -0.39 is 0 Å². The monoisotopic (exact) mass is 504 g/mol. The molecule has 7 nitrogen and oxygen atoms in total. The molecule has 5 rings (SSSR count). The van der Waals surface area contributed by atoms with Crippen LogP contribution in [0.3, 0.4) is 0 Å². The second kappa shape index (κ2) is 9.48. The molecular weight excluding hydrogens is 484 g/mol. The number of ether oxygens (including phenoxy) is 1. The summed E-state index contributed by atoms with van der Waals surface area (Å²) in [6, 6.07) is 20.1. The summed E-state index contributed by atoms with van der Waals surface area (Å²) < 4.78 is 6.76. The lowest BCUT2D eigenvalue weighted by Gasteiger charge is -2.13. The summed E-state index contributed by atoms with van der Waals surface area (Å²) in [5.41, 5.74) is 3.72. The highest BCUT2D eigenvalue weighted by molar-refractivity contribution is 7.99. The first kappa shape index (κ1) is 23.0. The lowest BCUT2D eigenvalue weighted by molar-refractivity contribution is -0.113. The van der Waals surface area contributed by atoms with E-state index in [9.17, 15) is 9.59 Å². The number of halogens is 1. The number of aryl methyl sites for hydroxylation is 1. The van der Waals surface area contributed by atoms with Gasteiger partial charge in [-0.3, -0.25) is 14.2 Å². The van der Waals surface area contributed by atoms with Crippen LogP contribution in [0.5, 0.6) is 5.75 Å². The fraction of sp³-hybridized carbons (Fsp3) is 0.115. The maximum absolute atomic E-state index is 13.6. The Labute approximate surface area is 210 Å². The van der Waals surface area contributed by atoms with Crippen LogP contribution in [0.2, 0.25) is 5.02 Å². The van der Waals surface area contributed by atoms with Gasteiger partial charge in [0, 0.05) is 21.6 Å². The zero-order chi connectivity index (χ0) is 24.5. The highest BCUT2D eigenvalue weighted by atomic mass is 35.5. The third-order valence-corrected chi connectivity index (χ3v) is 6.96. The highest BCUT2D eigenvalue weighted by Gasteiger charge is 2.18. The molecular formula is C26H21ClN4O3S. The van der Waals surface area contributed by atoms with Crippen molar-refractivity contribution >= 4 is 56.9 Å².